The Balaban J connectivity index is 2.83. The summed E-state index contributed by atoms with van der Waals surface area (Å²) in [5.41, 5.74) is 1.11. The van der Waals surface area contributed by atoms with Gasteiger partial charge in [-0.25, -0.2) is 4.98 Å². The minimum absolute atomic E-state index is 0.0247. The quantitative estimate of drug-likeness (QED) is 0.673. The molecule has 2 aromatic rings. The highest BCUT2D eigenvalue weighted by Crippen LogP contribution is 2.32. The van der Waals surface area contributed by atoms with Gasteiger partial charge in [0.2, 0.25) is 0 Å². The Hall–Kier alpha value is -2.08. The van der Waals surface area contributed by atoms with E-state index in [0.29, 0.717) is 35.7 Å². The summed E-state index contributed by atoms with van der Waals surface area (Å²) >= 11 is 5.98. The third-order valence-electron chi connectivity index (χ3n) is 2.85. The predicted octanol–water partition coefficient (Wildman–Crippen LogP) is 2.81. The van der Waals surface area contributed by atoms with E-state index in [1.165, 1.54) is 4.57 Å². The average Bonchev–Trinajstić information content (AvgIpc) is 2.42. The summed E-state index contributed by atoms with van der Waals surface area (Å²) in [5, 5.41) is 15.9. The Kier molecular flexibility index (Phi) is 4.47. The molecule has 1 aromatic heterocycles. The summed E-state index contributed by atoms with van der Waals surface area (Å²) in [6.07, 6.45) is 0. The zero-order valence-corrected chi connectivity index (χ0v) is 12.9. The van der Waals surface area contributed by atoms with Crippen LogP contribution in [0.2, 0.25) is 5.15 Å². The van der Waals surface area contributed by atoms with Gasteiger partial charge in [-0.3, -0.25) is 15.4 Å². The van der Waals surface area contributed by atoms with Crippen molar-refractivity contribution in [3.63, 3.8) is 0 Å². The van der Waals surface area contributed by atoms with E-state index in [9.17, 15) is 0 Å². The highest BCUT2D eigenvalue weighted by molar-refractivity contribution is 6.29. The fourth-order valence-electron chi connectivity index (χ4n) is 2.06. The maximum absolute atomic E-state index is 7.97. The average molecular weight is 309 g/mol. The summed E-state index contributed by atoms with van der Waals surface area (Å²) < 4.78 is 12.5. The fraction of sp³-hybridized carbons (Fsp3) is 0.357. The molecule has 0 aliphatic carbocycles. The van der Waals surface area contributed by atoms with Crippen molar-refractivity contribution in [3.05, 3.63) is 22.8 Å². The van der Waals surface area contributed by atoms with Crippen molar-refractivity contribution < 1.29 is 9.47 Å². The number of nitrogens with one attached hydrogen (secondary N) is 2. The van der Waals surface area contributed by atoms with Crippen LogP contribution in [0.15, 0.2) is 12.1 Å². The topological polar surface area (TPSA) is 84.0 Å². The zero-order valence-electron chi connectivity index (χ0n) is 12.2. The molecule has 7 heteroatoms. The van der Waals surface area contributed by atoms with Crippen molar-refractivity contribution >= 4 is 28.5 Å². The Morgan fingerprint density at radius 3 is 2.33 bits per heavy atom. The summed E-state index contributed by atoms with van der Waals surface area (Å²) in [6.45, 7) is 6.34. The first-order valence-corrected chi connectivity index (χ1v) is 6.99. The lowest BCUT2D eigenvalue weighted by atomic mass is 10.2. The van der Waals surface area contributed by atoms with Crippen molar-refractivity contribution in [2.75, 3.05) is 13.2 Å². The van der Waals surface area contributed by atoms with E-state index >= 15 is 0 Å². The molecular weight excluding hydrogens is 292 g/mol. The van der Waals surface area contributed by atoms with Gasteiger partial charge in [-0.05, 0) is 20.8 Å². The number of rotatable bonds is 4. The van der Waals surface area contributed by atoms with E-state index in [4.69, 9.17) is 31.9 Å². The first-order chi connectivity index (χ1) is 9.99. The predicted molar refractivity (Wildman–Crippen MR) is 81.7 cm³/mol. The molecule has 0 atom stereocenters. The van der Waals surface area contributed by atoms with E-state index in [1.54, 1.807) is 19.1 Å². The Labute approximate surface area is 127 Å². The summed E-state index contributed by atoms with van der Waals surface area (Å²) in [5.74, 6) is 1.31. The van der Waals surface area contributed by atoms with Crippen LogP contribution in [0.5, 0.6) is 11.5 Å². The fourth-order valence-corrected chi connectivity index (χ4v) is 2.24. The van der Waals surface area contributed by atoms with Crippen LogP contribution in [-0.2, 0) is 0 Å². The first-order valence-electron chi connectivity index (χ1n) is 6.61. The molecule has 2 N–H and O–H groups in total. The maximum atomic E-state index is 7.97. The number of halogens is 1. The molecule has 0 amide bonds. The number of ether oxygens (including phenoxy) is 2. The number of hydrogen-bond acceptors (Lipinski definition) is 5. The molecule has 0 saturated carbocycles. The smallest absolute Gasteiger partial charge is 0.172 e. The monoisotopic (exact) mass is 308 g/mol. The van der Waals surface area contributed by atoms with Gasteiger partial charge in [-0.2, -0.15) is 0 Å². The van der Waals surface area contributed by atoms with Crippen molar-refractivity contribution in [2.45, 2.75) is 20.8 Å². The molecule has 0 aliphatic heterocycles. The van der Waals surface area contributed by atoms with Gasteiger partial charge in [-0.1, -0.05) is 11.6 Å². The second kappa shape index (κ2) is 6.13. The van der Waals surface area contributed by atoms with Gasteiger partial charge >= 0.3 is 0 Å². The molecule has 2 rings (SSSR count). The molecule has 1 aromatic carbocycles. The summed E-state index contributed by atoms with van der Waals surface area (Å²) in [4.78, 5) is 4.19. The molecule has 0 fully saturated rings. The maximum Gasteiger partial charge on any atom is 0.172 e. The lowest BCUT2D eigenvalue weighted by Gasteiger charge is -2.15. The highest BCUT2D eigenvalue weighted by atomic mass is 35.5. The van der Waals surface area contributed by atoms with Gasteiger partial charge < -0.3 is 9.47 Å². The van der Waals surface area contributed by atoms with Crippen LogP contribution < -0.4 is 15.0 Å². The lowest BCUT2D eigenvalue weighted by Crippen LogP contribution is -2.26. The van der Waals surface area contributed by atoms with Crippen LogP contribution in [-0.4, -0.2) is 28.6 Å². The summed E-state index contributed by atoms with van der Waals surface area (Å²) in [7, 11) is 0. The van der Waals surface area contributed by atoms with E-state index in [0.717, 1.165) is 0 Å². The number of nitrogens with zero attached hydrogens (tertiary/aromatic N) is 2. The third-order valence-corrected chi connectivity index (χ3v) is 3.12. The lowest BCUT2D eigenvalue weighted by molar-refractivity contribution is 0.288. The molecule has 0 radical (unpaired) electrons. The Bertz CT molecular complexity index is 755. The van der Waals surface area contributed by atoms with Crippen LogP contribution in [0.3, 0.4) is 0 Å². The minimum atomic E-state index is -0.0247. The van der Waals surface area contributed by atoms with Gasteiger partial charge in [0.1, 0.15) is 5.84 Å². The van der Waals surface area contributed by atoms with Gasteiger partial charge in [0.15, 0.2) is 22.1 Å². The van der Waals surface area contributed by atoms with E-state index < -0.39 is 0 Å². The van der Waals surface area contributed by atoms with Crippen molar-refractivity contribution in [3.8, 4) is 11.5 Å². The number of hydrogen-bond donors (Lipinski definition) is 2. The van der Waals surface area contributed by atoms with Gasteiger partial charge in [-0.15, -0.1) is 0 Å². The summed E-state index contributed by atoms with van der Waals surface area (Å²) in [6, 6.07) is 3.44. The van der Waals surface area contributed by atoms with Crippen LogP contribution in [0.25, 0.3) is 11.0 Å². The van der Waals surface area contributed by atoms with Crippen molar-refractivity contribution in [1.29, 1.82) is 10.8 Å². The number of aromatic nitrogens is 2. The van der Waals surface area contributed by atoms with Gasteiger partial charge in [0.25, 0.3) is 0 Å². The zero-order chi connectivity index (χ0) is 15.6. The SMILES string of the molecule is CCOc1cc2nc(Cl)c(=N)n(C(C)=N)c2cc1OCC. The van der Waals surface area contributed by atoms with Crippen LogP contribution >= 0.6 is 11.6 Å². The van der Waals surface area contributed by atoms with Crippen LogP contribution in [0.1, 0.15) is 20.8 Å². The first kappa shape index (κ1) is 15.3. The van der Waals surface area contributed by atoms with Crippen LogP contribution in [0, 0.1) is 10.8 Å². The standard InChI is InChI=1S/C14H17ClN4O2/c1-4-20-11-6-9-10(7-12(11)21-5-2)19(8(3)16)14(17)13(15)18-9/h6-7,16-17H,4-5H2,1-3H3. The second-order valence-electron chi connectivity index (χ2n) is 4.33. The molecular formula is C14H17ClN4O2. The van der Waals surface area contributed by atoms with E-state index in [2.05, 4.69) is 4.98 Å². The Morgan fingerprint density at radius 1 is 1.24 bits per heavy atom. The Morgan fingerprint density at radius 2 is 1.81 bits per heavy atom. The largest absolute Gasteiger partial charge is 0.490 e. The molecule has 112 valence electrons. The molecule has 6 nitrogen and oxygen atoms in total. The van der Waals surface area contributed by atoms with Crippen molar-refractivity contribution in [1.82, 2.24) is 9.55 Å². The molecule has 1 heterocycles. The molecule has 0 spiro atoms. The van der Waals surface area contributed by atoms with Gasteiger partial charge in [0.05, 0.1) is 24.2 Å². The van der Waals surface area contributed by atoms with Gasteiger partial charge in [0, 0.05) is 12.1 Å². The molecule has 0 saturated heterocycles. The molecule has 0 bridgehead atoms. The molecule has 21 heavy (non-hydrogen) atoms. The van der Waals surface area contributed by atoms with Crippen LogP contribution in [0.4, 0.5) is 0 Å². The molecule has 0 aliphatic rings. The number of benzene rings is 1. The minimum Gasteiger partial charge on any atom is -0.490 e. The number of fused-ring (bicyclic) bond motifs is 1. The third kappa shape index (κ3) is 2.85. The highest BCUT2D eigenvalue weighted by Gasteiger charge is 2.14. The van der Waals surface area contributed by atoms with E-state index in [1.807, 2.05) is 13.8 Å². The second-order valence-corrected chi connectivity index (χ2v) is 4.68. The van der Waals surface area contributed by atoms with Crippen molar-refractivity contribution in [2.24, 2.45) is 0 Å². The normalized spacial score (nSPS) is 10.7. The molecule has 0 unspecified atom stereocenters. The van der Waals surface area contributed by atoms with E-state index in [-0.39, 0.29) is 16.5 Å².